The SMILES string of the molecule is CCc1cc(-c2ccc(O)c(CC)c2)ccc1O. The molecule has 0 radical (unpaired) electrons. The Kier molecular flexibility index (Phi) is 3.56. The number of aromatic hydroxyl groups is 2. The number of phenols is 2. The average molecular weight is 242 g/mol. The number of phenolic OH excluding ortho intramolecular Hbond substituents is 2. The second-order valence-corrected chi connectivity index (χ2v) is 4.39. The lowest BCUT2D eigenvalue weighted by Crippen LogP contribution is -1.87. The van der Waals surface area contributed by atoms with E-state index in [0.717, 1.165) is 35.1 Å². The molecular formula is C16H18O2. The summed E-state index contributed by atoms with van der Waals surface area (Å²) in [5.41, 5.74) is 4.02. The van der Waals surface area contributed by atoms with Crippen molar-refractivity contribution in [2.45, 2.75) is 26.7 Å². The van der Waals surface area contributed by atoms with Crippen LogP contribution in [-0.2, 0) is 12.8 Å². The fourth-order valence-electron chi connectivity index (χ4n) is 2.10. The fourth-order valence-corrected chi connectivity index (χ4v) is 2.10. The number of hydrogen-bond donors (Lipinski definition) is 2. The average Bonchev–Trinajstić information content (AvgIpc) is 2.40. The van der Waals surface area contributed by atoms with Crippen molar-refractivity contribution in [3.8, 4) is 22.6 Å². The highest BCUT2D eigenvalue weighted by atomic mass is 16.3. The summed E-state index contributed by atoms with van der Waals surface area (Å²) in [5.74, 6) is 0.687. The molecule has 0 aliphatic heterocycles. The molecule has 0 spiro atoms. The Labute approximate surface area is 108 Å². The fraction of sp³-hybridized carbons (Fsp3) is 0.250. The van der Waals surface area contributed by atoms with Crippen LogP contribution in [0.15, 0.2) is 36.4 Å². The summed E-state index contributed by atoms with van der Waals surface area (Å²) in [6.45, 7) is 4.04. The highest BCUT2D eigenvalue weighted by Gasteiger charge is 2.05. The molecule has 0 unspecified atom stereocenters. The molecule has 0 saturated carbocycles. The summed E-state index contributed by atoms with van der Waals surface area (Å²) in [6.07, 6.45) is 1.61. The predicted molar refractivity (Wildman–Crippen MR) is 74.0 cm³/mol. The van der Waals surface area contributed by atoms with Gasteiger partial charge in [-0.1, -0.05) is 26.0 Å². The molecule has 0 aromatic heterocycles. The maximum atomic E-state index is 9.69. The Bertz CT molecular complexity index is 508. The summed E-state index contributed by atoms with van der Waals surface area (Å²) in [6, 6.07) is 11.3. The van der Waals surface area contributed by atoms with Crippen LogP contribution in [0.2, 0.25) is 0 Å². The highest BCUT2D eigenvalue weighted by Crippen LogP contribution is 2.29. The topological polar surface area (TPSA) is 40.5 Å². The maximum Gasteiger partial charge on any atom is 0.118 e. The van der Waals surface area contributed by atoms with E-state index in [1.54, 1.807) is 12.1 Å². The number of hydrogen-bond acceptors (Lipinski definition) is 2. The van der Waals surface area contributed by atoms with Crippen LogP contribution in [0.4, 0.5) is 0 Å². The minimum absolute atomic E-state index is 0.343. The van der Waals surface area contributed by atoms with Crippen LogP contribution in [-0.4, -0.2) is 10.2 Å². The Morgan fingerprint density at radius 3 is 1.44 bits per heavy atom. The van der Waals surface area contributed by atoms with E-state index < -0.39 is 0 Å². The van der Waals surface area contributed by atoms with Crippen LogP contribution in [0.25, 0.3) is 11.1 Å². The van der Waals surface area contributed by atoms with Crippen molar-refractivity contribution >= 4 is 0 Å². The van der Waals surface area contributed by atoms with Crippen LogP contribution >= 0.6 is 0 Å². The van der Waals surface area contributed by atoms with Gasteiger partial charge in [0.25, 0.3) is 0 Å². The quantitative estimate of drug-likeness (QED) is 0.857. The van der Waals surface area contributed by atoms with E-state index >= 15 is 0 Å². The smallest absolute Gasteiger partial charge is 0.118 e. The van der Waals surface area contributed by atoms with Crippen LogP contribution in [0.5, 0.6) is 11.5 Å². The summed E-state index contributed by atoms with van der Waals surface area (Å²) in [4.78, 5) is 0. The third-order valence-electron chi connectivity index (χ3n) is 3.25. The molecule has 2 nitrogen and oxygen atoms in total. The third-order valence-corrected chi connectivity index (χ3v) is 3.25. The van der Waals surface area contributed by atoms with Crippen molar-refractivity contribution in [2.75, 3.05) is 0 Å². The van der Waals surface area contributed by atoms with E-state index in [1.165, 1.54) is 0 Å². The second kappa shape index (κ2) is 5.13. The maximum absolute atomic E-state index is 9.69. The van der Waals surface area contributed by atoms with Crippen LogP contribution in [0.3, 0.4) is 0 Å². The zero-order valence-electron chi connectivity index (χ0n) is 10.8. The first-order valence-electron chi connectivity index (χ1n) is 6.29. The van der Waals surface area contributed by atoms with E-state index in [9.17, 15) is 10.2 Å². The van der Waals surface area contributed by atoms with Gasteiger partial charge < -0.3 is 10.2 Å². The van der Waals surface area contributed by atoms with Gasteiger partial charge >= 0.3 is 0 Å². The molecular weight excluding hydrogens is 224 g/mol. The molecule has 0 bridgehead atoms. The van der Waals surface area contributed by atoms with E-state index in [4.69, 9.17) is 0 Å². The summed E-state index contributed by atoms with van der Waals surface area (Å²) >= 11 is 0. The third kappa shape index (κ3) is 2.33. The Morgan fingerprint density at radius 1 is 0.722 bits per heavy atom. The van der Waals surface area contributed by atoms with Gasteiger partial charge in [-0.3, -0.25) is 0 Å². The van der Waals surface area contributed by atoms with Crippen LogP contribution in [0, 0.1) is 0 Å². The van der Waals surface area contributed by atoms with Gasteiger partial charge in [-0.15, -0.1) is 0 Å². The zero-order valence-corrected chi connectivity index (χ0v) is 10.8. The molecule has 0 heterocycles. The standard InChI is InChI=1S/C16H18O2/c1-3-11-9-13(5-7-15(11)17)14-6-8-16(18)12(4-2)10-14/h5-10,17-18H,3-4H2,1-2H3. The molecule has 0 atom stereocenters. The minimum atomic E-state index is 0.343. The van der Waals surface area contributed by atoms with Gasteiger partial charge in [-0.25, -0.2) is 0 Å². The normalized spacial score (nSPS) is 10.6. The highest BCUT2D eigenvalue weighted by molar-refractivity contribution is 5.67. The van der Waals surface area contributed by atoms with Gasteiger partial charge in [0.15, 0.2) is 0 Å². The van der Waals surface area contributed by atoms with Gasteiger partial charge in [-0.05, 0) is 59.4 Å². The number of aryl methyl sites for hydroxylation is 2. The molecule has 18 heavy (non-hydrogen) atoms. The van der Waals surface area contributed by atoms with Crippen molar-refractivity contribution in [1.82, 2.24) is 0 Å². The minimum Gasteiger partial charge on any atom is -0.508 e. The lowest BCUT2D eigenvalue weighted by atomic mass is 9.98. The van der Waals surface area contributed by atoms with Gasteiger partial charge in [0.05, 0.1) is 0 Å². The van der Waals surface area contributed by atoms with Crippen molar-refractivity contribution < 1.29 is 10.2 Å². The molecule has 0 aliphatic carbocycles. The van der Waals surface area contributed by atoms with Gasteiger partial charge in [-0.2, -0.15) is 0 Å². The van der Waals surface area contributed by atoms with Gasteiger partial charge in [0.1, 0.15) is 11.5 Å². The Morgan fingerprint density at radius 2 is 1.11 bits per heavy atom. The van der Waals surface area contributed by atoms with Crippen LogP contribution < -0.4 is 0 Å². The largest absolute Gasteiger partial charge is 0.508 e. The summed E-state index contributed by atoms with van der Waals surface area (Å²) < 4.78 is 0. The lowest BCUT2D eigenvalue weighted by molar-refractivity contribution is 0.468. The van der Waals surface area contributed by atoms with Crippen molar-refractivity contribution in [3.05, 3.63) is 47.5 Å². The Balaban J connectivity index is 2.48. The van der Waals surface area contributed by atoms with E-state index in [-0.39, 0.29) is 0 Å². The molecule has 0 saturated heterocycles. The molecule has 2 aromatic carbocycles. The monoisotopic (exact) mass is 242 g/mol. The summed E-state index contributed by atoms with van der Waals surface area (Å²) in [5, 5.41) is 19.4. The molecule has 2 N–H and O–H groups in total. The molecule has 2 aromatic rings. The first kappa shape index (κ1) is 12.5. The van der Waals surface area contributed by atoms with E-state index in [1.807, 2.05) is 38.1 Å². The second-order valence-electron chi connectivity index (χ2n) is 4.39. The van der Waals surface area contributed by atoms with Crippen molar-refractivity contribution in [3.63, 3.8) is 0 Å². The summed E-state index contributed by atoms with van der Waals surface area (Å²) in [7, 11) is 0. The molecule has 2 rings (SSSR count). The molecule has 0 amide bonds. The van der Waals surface area contributed by atoms with Crippen molar-refractivity contribution in [1.29, 1.82) is 0 Å². The predicted octanol–water partition coefficient (Wildman–Crippen LogP) is 3.89. The van der Waals surface area contributed by atoms with Gasteiger partial charge in [0, 0.05) is 0 Å². The van der Waals surface area contributed by atoms with E-state index in [2.05, 4.69) is 0 Å². The molecule has 94 valence electrons. The lowest BCUT2D eigenvalue weighted by Gasteiger charge is -2.09. The first-order chi connectivity index (χ1) is 8.65. The first-order valence-corrected chi connectivity index (χ1v) is 6.29. The molecule has 0 fully saturated rings. The van der Waals surface area contributed by atoms with Crippen molar-refractivity contribution in [2.24, 2.45) is 0 Å². The van der Waals surface area contributed by atoms with Gasteiger partial charge in [0.2, 0.25) is 0 Å². The Hall–Kier alpha value is -1.96. The molecule has 2 heteroatoms. The van der Waals surface area contributed by atoms with E-state index in [0.29, 0.717) is 11.5 Å². The number of benzene rings is 2. The zero-order chi connectivity index (χ0) is 13.1. The van der Waals surface area contributed by atoms with Crippen LogP contribution in [0.1, 0.15) is 25.0 Å². The number of rotatable bonds is 3. The molecule has 0 aliphatic rings.